The molecule has 1 saturated carbocycles. The maximum atomic E-state index is 13.1. The summed E-state index contributed by atoms with van der Waals surface area (Å²) in [5.41, 5.74) is -3.31. The third kappa shape index (κ3) is 4.42. The number of cyclic esters (lactones) is 1. The quantitative estimate of drug-likeness (QED) is 0.388. The van der Waals surface area contributed by atoms with E-state index >= 15 is 0 Å². The zero-order chi connectivity index (χ0) is 25.6. The fourth-order valence-corrected chi connectivity index (χ4v) is 6.35. The molecule has 3 aliphatic rings. The van der Waals surface area contributed by atoms with Crippen molar-refractivity contribution in [1.82, 2.24) is 4.90 Å². The van der Waals surface area contributed by atoms with E-state index in [1.54, 1.807) is 18.2 Å². The number of fused-ring (bicyclic) bond motifs is 3. The first-order valence-electron chi connectivity index (χ1n) is 11.2. The number of hydrogen-bond donors (Lipinski definition) is 2. The van der Waals surface area contributed by atoms with Crippen molar-refractivity contribution in [1.29, 1.82) is 0 Å². The van der Waals surface area contributed by atoms with Gasteiger partial charge in [-0.3, -0.25) is 9.59 Å². The molecule has 2 aliphatic heterocycles. The number of hydrogen-bond acceptors (Lipinski definition) is 10. The minimum atomic E-state index is -2.62. The minimum absolute atomic E-state index is 0.216. The Hall–Kier alpha value is -1.56. The van der Waals surface area contributed by atoms with Gasteiger partial charge in [-0.15, -0.1) is 0 Å². The van der Waals surface area contributed by atoms with Gasteiger partial charge in [0.1, 0.15) is 0 Å². The number of ether oxygens (including phenoxy) is 3. The van der Waals surface area contributed by atoms with Crippen molar-refractivity contribution < 1.29 is 38.8 Å². The molecule has 2 saturated heterocycles. The van der Waals surface area contributed by atoms with Crippen LogP contribution in [0.25, 0.3) is 0 Å². The molecule has 2 bridgehead atoms. The summed E-state index contributed by atoms with van der Waals surface area (Å²) in [6.07, 6.45) is 0.164. The van der Waals surface area contributed by atoms with Gasteiger partial charge in [-0.2, -0.15) is 0 Å². The van der Waals surface area contributed by atoms with Crippen molar-refractivity contribution >= 4 is 52.9 Å². The molecule has 0 amide bonds. The average Bonchev–Trinajstić information content (AvgIpc) is 2.78. The first-order chi connectivity index (χ1) is 16.4. The van der Waals surface area contributed by atoms with Gasteiger partial charge in [-0.05, 0) is 57.6 Å². The van der Waals surface area contributed by atoms with Crippen LogP contribution in [0.4, 0.5) is 0 Å². The number of esters is 3. The van der Waals surface area contributed by atoms with Crippen LogP contribution in [-0.4, -0.2) is 75.9 Å². The molecule has 2 N–H and O–H groups in total. The van der Waals surface area contributed by atoms with Gasteiger partial charge in [-0.25, -0.2) is 4.79 Å². The molecule has 1 aromatic carbocycles. The first-order valence-corrected chi connectivity index (χ1v) is 13.0. The lowest BCUT2D eigenvalue weighted by molar-refractivity contribution is -0.360. The second-order valence-corrected chi connectivity index (χ2v) is 11.5. The highest BCUT2D eigenvalue weighted by molar-refractivity contribution is 8.00. The standard InChI is InChI=1S/C23H27Cl2NO8S/c1-26(2)9-4-10-35-23-22(31,20(7-3-8-20)14-5-6-15(24)16(25)11-14)32-17(27)12-21(30,19(29)34-23)13-18(28)33-23/h5-6,11,30-31H,3-4,7-10,12-13H2,1-2H3. The van der Waals surface area contributed by atoms with Crippen LogP contribution in [0, 0.1) is 0 Å². The van der Waals surface area contributed by atoms with Crippen molar-refractivity contribution in [2.24, 2.45) is 0 Å². The lowest BCUT2D eigenvalue weighted by atomic mass is 9.58. The molecular formula is C23H27Cl2NO8S. The summed E-state index contributed by atoms with van der Waals surface area (Å²) in [7, 11) is 3.77. The van der Waals surface area contributed by atoms with Gasteiger partial charge < -0.3 is 29.3 Å². The van der Waals surface area contributed by atoms with Crippen molar-refractivity contribution in [2.75, 3.05) is 26.4 Å². The smallest absolute Gasteiger partial charge is 0.375 e. The van der Waals surface area contributed by atoms with Crippen LogP contribution < -0.4 is 0 Å². The van der Waals surface area contributed by atoms with Gasteiger partial charge >= 0.3 is 28.8 Å². The number of carbonyl (C=O) groups is 3. The van der Waals surface area contributed by atoms with Gasteiger partial charge in [0.25, 0.3) is 0 Å². The monoisotopic (exact) mass is 547 g/mol. The third-order valence-corrected chi connectivity index (χ3v) is 8.83. The van der Waals surface area contributed by atoms with Crippen molar-refractivity contribution in [3.8, 4) is 0 Å². The second kappa shape index (κ2) is 9.39. The average molecular weight is 548 g/mol. The molecule has 3 atom stereocenters. The Labute approximate surface area is 217 Å². The van der Waals surface area contributed by atoms with Crippen LogP contribution >= 0.6 is 35.0 Å². The molecule has 0 spiro atoms. The molecule has 1 aliphatic carbocycles. The van der Waals surface area contributed by atoms with Crippen molar-refractivity contribution in [2.45, 2.75) is 60.4 Å². The summed E-state index contributed by atoms with van der Waals surface area (Å²) >= 11 is 13.2. The maximum absolute atomic E-state index is 13.1. The topological polar surface area (TPSA) is 123 Å². The fourth-order valence-electron chi connectivity index (χ4n) is 4.79. The molecule has 3 fully saturated rings. The molecule has 192 valence electrons. The Morgan fingerprint density at radius 2 is 1.66 bits per heavy atom. The molecule has 3 unspecified atom stereocenters. The number of rotatable bonds is 7. The molecule has 0 radical (unpaired) electrons. The number of halogens is 2. The van der Waals surface area contributed by atoms with Gasteiger partial charge in [0.05, 0.1) is 28.3 Å². The summed E-state index contributed by atoms with van der Waals surface area (Å²) in [5.74, 6) is -5.64. The first kappa shape index (κ1) is 26.5. The molecule has 35 heavy (non-hydrogen) atoms. The maximum Gasteiger partial charge on any atom is 0.375 e. The highest BCUT2D eigenvalue weighted by Crippen LogP contribution is 2.61. The molecule has 4 rings (SSSR count). The van der Waals surface area contributed by atoms with Crippen LogP contribution in [0.3, 0.4) is 0 Å². The molecule has 12 heteroatoms. The molecular weight excluding hydrogens is 521 g/mol. The molecule has 2 heterocycles. The van der Waals surface area contributed by atoms with Gasteiger partial charge in [-0.1, -0.05) is 47.5 Å². The fraction of sp³-hybridized carbons (Fsp3) is 0.609. The lowest BCUT2D eigenvalue weighted by Crippen LogP contribution is -2.72. The summed E-state index contributed by atoms with van der Waals surface area (Å²) in [4.78, 5) is 40.8. The Bertz CT molecular complexity index is 1050. The van der Waals surface area contributed by atoms with E-state index in [4.69, 9.17) is 37.4 Å². The molecule has 0 aromatic heterocycles. The number of benzene rings is 1. The van der Waals surface area contributed by atoms with E-state index in [0.29, 0.717) is 37.8 Å². The van der Waals surface area contributed by atoms with Crippen LogP contribution in [0.2, 0.25) is 10.0 Å². The number of nitrogens with zero attached hydrogens (tertiary/aromatic N) is 1. The van der Waals surface area contributed by atoms with E-state index in [9.17, 15) is 24.6 Å². The summed E-state index contributed by atoms with van der Waals surface area (Å²) in [6, 6.07) is 4.74. The Morgan fingerprint density at radius 1 is 1.00 bits per heavy atom. The summed E-state index contributed by atoms with van der Waals surface area (Å²) in [6.45, 7) is 0.658. The normalized spacial score (nSPS) is 32.1. The van der Waals surface area contributed by atoms with E-state index in [0.717, 1.165) is 11.8 Å². The second-order valence-electron chi connectivity index (χ2n) is 9.49. The number of aliphatic hydroxyl groups is 2. The van der Waals surface area contributed by atoms with E-state index in [1.165, 1.54) is 0 Å². The zero-order valence-corrected chi connectivity index (χ0v) is 21.7. The molecule has 1 aromatic rings. The van der Waals surface area contributed by atoms with Gasteiger partial charge in [0.2, 0.25) is 0 Å². The van der Waals surface area contributed by atoms with E-state index in [-0.39, 0.29) is 15.8 Å². The summed E-state index contributed by atoms with van der Waals surface area (Å²) in [5, 5.41) is 21.2. The molecule has 9 nitrogen and oxygen atoms in total. The largest absolute Gasteiger partial charge is 0.422 e. The minimum Gasteiger partial charge on any atom is -0.422 e. The lowest BCUT2D eigenvalue weighted by Gasteiger charge is -2.57. The van der Waals surface area contributed by atoms with Crippen molar-refractivity contribution in [3.05, 3.63) is 33.8 Å². The van der Waals surface area contributed by atoms with Crippen LogP contribution in [0.5, 0.6) is 0 Å². The Morgan fingerprint density at radius 3 is 2.23 bits per heavy atom. The predicted molar refractivity (Wildman–Crippen MR) is 128 cm³/mol. The highest BCUT2D eigenvalue weighted by Gasteiger charge is 2.76. The van der Waals surface area contributed by atoms with Crippen LogP contribution in [-0.2, 0) is 34.0 Å². The number of thioether (sulfide) groups is 1. The number of carbonyl (C=O) groups excluding carboxylic acids is 3. The highest BCUT2D eigenvalue weighted by atomic mass is 35.5. The SMILES string of the molecule is CN(C)CCCSC12OC(=O)CC(O)(CC(=O)OC1(O)C1(c3ccc(Cl)c(Cl)c3)CCC1)C(=O)O2. The third-order valence-electron chi connectivity index (χ3n) is 6.78. The Balaban J connectivity index is 1.88. The van der Waals surface area contributed by atoms with E-state index in [1.807, 2.05) is 19.0 Å². The van der Waals surface area contributed by atoms with E-state index in [2.05, 4.69) is 0 Å². The van der Waals surface area contributed by atoms with Crippen molar-refractivity contribution in [3.63, 3.8) is 0 Å². The van der Waals surface area contributed by atoms with Gasteiger partial charge in [0, 0.05) is 5.75 Å². The predicted octanol–water partition coefficient (Wildman–Crippen LogP) is 2.61. The van der Waals surface area contributed by atoms with Gasteiger partial charge in [0.15, 0.2) is 5.60 Å². The Kier molecular flexibility index (Phi) is 7.11. The van der Waals surface area contributed by atoms with E-state index < -0.39 is 52.7 Å². The summed E-state index contributed by atoms with van der Waals surface area (Å²) < 4.78 is 16.9. The zero-order valence-electron chi connectivity index (χ0n) is 19.3. The van der Waals surface area contributed by atoms with Crippen LogP contribution in [0.1, 0.15) is 44.1 Å². The van der Waals surface area contributed by atoms with Crippen LogP contribution in [0.15, 0.2) is 18.2 Å².